The van der Waals surface area contributed by atoms with Gasteiger partial charge < -0.3 is 5.43 Å². The third-order valence-corrected chi connectivity index (χ3v) is 5.82. The molecular weight excluding hydrogens is 314 g/mol. The molecular formula is C12H21N3O4S2. The SMILES string of the molecule is CC(C)CN(C)S(=O)(=O)c1cc(S(C)(=O)=O)ccc1NN. The number of benzene rings is 1. The first-order chi connectivity index (χ1) is 9.50. The predicted octanol–water partition coefficient (Wildman–Crippen LogP) is 0.652. The molecule has 3 N–H and O–H groups in total. The van der Waals surface area contributed by atoms with Crippen LogP contribution in [0.2, 0.25) is 0 Å². The number of anilines is 1. The third-order valence-electron chi connectivity index (χ3n) is 2.85. The van der Waals surface area contributed by atoms with Crippen molar-refractivity contribution in [2.75, 3.05) is 25.3 Å². The minimum atomic E-state index is -3.83. The van der Waals surface area contributed by atoms with Crippen LogP contribution in [-0.4, -0.2) is 41.0 Å². The molecule has 120 valence electrons. The van der Waals surface area contributed by atoms with Crippen LogP contribution in [0, 0.1) is 5.92 Å². The molecule has 9 heteroatoms. The van der Waals surface area contributed by atoms with Gasteiger partial charge in [-0.15, -0.1) is 0 Å². The summed E-state index contributed by atoms with van der Waals surface area (Å²) in [6.45, 7) is 4.09. The molecule has 0 fully saturated rings. The van der Waals surface area contributed by atoms with Crippen LogP contribution < -0.4 is 11.3 Å². The van der Waals surface area contributed by atoms with Gasteiger partial charge in [0.15, 0.2) is 9.84 Å². The van der Waals surface area contributed by atoms with Crippen molar-refractivity contribution in [2.45, 2.75) is 23.6 Å². The third kappa shape index (κ3) is 4.16. The van der Waals surface area contributed by atoms with Crippen molar-refractivity contribution in [1.82, 2.24) is 4.31 Å². The van der Waals surface area contributed by atoms with E-state index in [-0.39, 0.29) is 21.4 Å². The monoisotopic (exact) mass is 335 g/mol. The Hall–Kier alpha value is -1.16. The van der Waals surface area contributed by atoms with E-state index in [2.05, 4.69) is 5.43 Å². The molecule has 0 saturated heterocycles. The number of hydrogen-bond donors (Lipinski definition) is 2. The van der Waals surface area contributed by atoms with Crippen LogP contribution in [0.4, 0.5) is 5.69 Å². The fraction of sp³-hybridized carbons (Fsp3) is 0.500. The molecule has 0 heterocycles. The van der Waals surface area contributed by atoms with Crippen molar-refractivity contribution in [3.05, 3.63) is 18.2 Å². The molecule has 0 aliphatic carbocycles. The molecule has 0 amide bonds. The molecule has 1 aromatic carbocycles. The van der Waals surface area contributed by atoms with Gasteiger partial charge in [-0.05, 0) is 24.1 Å². The van der Waals surface area contributed by atoms with Gasteiger partial charge in [0.2, 0.25) is 10.0 Å². The molecule has 1 aromatic rings. The van der Waals surface area contributed by atoms with E-state index in [1.54, 1.807) is 0 Å². The minimum absolute atomic E-state index is 0.0713. The normalized spacial score (nSPS) is 12.9. The molecule has 0 bridgehead atoms. The largest absolute Gasteiger partial charge is 0.323 e. The zero-order valence-corrected chi connectivity index (χ0v) is 14.1. The topological polar surface area (TPSA) is 110 Å². The number of nitrogens with one attached hydrogen (secondary N) is 1. The number of nitrogen functional groups attached to an aromatic ring is 1. The highest BCUT2D eigenvalue weighted by Gasteiger charge is 2.26. The average Bonchev–Trinajstić information content (AvgIpc) is 2.35. The summed E-state index contributed by atoms with van der Waals surface area (Å²) in [5, 5.41) is 0. The summed E-state index contributed by atoms with van der Waals surface area (Å²) < 4.78 is 49.5. The summed E-state index contributed by atoms with van der Waals surface area (Å²) in [7, 11) is -5.90. The minimum Gasteiger partial charge on any atom is -0.323 e. The second kappa shape index (κ2) is 6.30. The summed E-state index contributed by atoms with van der Waals surface area (Å²) >= 11 is 0. The van der Waals surface area contributed by atoms with Gasteiger partial charge in [0, 0.05) is 19.8 Å². The van der Waals surface area contributed by atoms with Crippen LogP contribution in [0.15, 0.2) is 28.0 Å². The standard InChI is InChI=1S/C12H21N3O4S2/c1-9(2)8-15(3)21(18,19)12-7-10(20(4,16)17)5-6-11(12)14-13/h5-7,9,14H,8,13H2,1-4H3. The Labute approximate surface area is 126 Å². The first-order valence-corrected chi connectivity index (χ1v) is 9.60. The Balaban J connectivity index is 3.46. The Morgan fingerprint density at radius 2 is 1.81 bits per heavy atom. The van der Waals surface area contributed by atoms with Crippen LogP contribution in [0.5, 0.6) is 0 Å². The second-order valence-corrected chi connectivity index (χ2v) is 9.28. The van der Waals surface area contributed by atoms with Gasteiger partial charge in [-0.25, -0.2) is 21.1 Å². The maximum absolute atomic E-state index is 12.6. The van der Waals surface area contributed by atoms with E-state index in [0.717, 1.165) is 12.3 Å². The van der Waals surface area contributed by atoms with E-state index in [9.17, 15) is 16.8 Å². The lowest BCUT2D eigenvalue weighted by molar-refractivity contribution is 0.417. The van der Waals surface area contributed by atoms with Crippen molar-refractivity contribution >= 4 is 25.5 Å². The highest BCUT2D eigenvalue weighted by molar-refractivity contribution is 7.91. The van der Waals surface area contributed by atoms with Gasteiger partial charge in [0.05, 0.1) is 10.6 Å². The molecule has 0 radical (unpaired) electrons. The van der Waals surface area contributed by atoms with Crippen LogP contribution in [-0.2, 0) is 19.9 Å². The molecule has 0 atom stereocenters. The maximum atomic E-state index is 12.6. The lowest BCUT2D eigenvalue weighted by atomic mass is 10.2. The van der Waals surface area contributed by atoms with Crippen LogP contribution in [0.3, 0.4) is 0 Å². The maximum Gasteiger partial charge on any atom is 0.244 e. The molecule has 0 saturated carbocycles. The summed E-state index contributed by atoms with van der Waals surface area (Å²) in [4.78, 5) is -0.228. The molecule has 0 aliphatic rings. The number of sulfone groups is 1. The van der Waals surface area contributed by atoms with E-state index in [1.807, 2.05) is 13.8 Å². The molecule has 0 aromatic heterocycles. The molecule has 0 aliphatic heterocycles. The lowest BCUT2D eigenvalue weighted by Crippen LogP contribution is -2.31. The fourth-order valence-electron chi connectivity index (χ4n) is 1.85. The number of nitrogens with zero attached hydrogens (tertiary/aromatic N) is 1. The van der Waals surface area contributed by atoms with Crippen molar-refractivity contribution in [2.24, 2.45) is 11.8 Å². The Kier molecular flexibility index (Phi) is 5.37. The molecule has 21 heavy (non-hydrogen) atoms. The van der Waals surface area contributed by atoms with Gasteiger partial charge in [-0.1, -0.05) is 13.8 Å². The predicted molar refractivity (Wildman–Crippen MR) is 82.0 cm³/mol. The van der Waals surface area contributed by atoms with Crippen LogP contribution in [0.25, 0.3) is 0 Å². The lowest BCUT2D eigenvalue weighted by Gasteiger charge is -2.21. The van der Waals surface area contributed by atoms with E-state index in [0.29, 0.717) is 6.54 Å². The number of nitrogens with two attached hydrogens (primary N) is 1. The van der Waals surface area contributed by atoms with Gasteiger partial charge in [-0.2, -0.15) is 0 Å². The van der Waals surface area contributed by atoms with Crippen molar-refractivity contribution < 1.29 is 16.8 Å². The fourth-order valence-corrected chi connectivity index (χ4v) is 4.08. The van der Waals surface area contributed by atoms with Gasteiger partial charge >= 0.3 is 0 Å². The van der Waals surface area contributed by atoms with Crippen molar-refractivity contribution in [1.29, 1.82) is 0 Å². The van der Waals surface area contributed by atoms with Gasteiger partial charge in [-0.3, -0.25) is 5.84 Å². The van der Waals surface area contributed by atoms with E-state index in [4.69, 9.17) is 5.84 Å². The Morgan fingerprint density at radius 1 is 1.24 bits per heavy atom. The molecule has 1 rings (SSSR count). The van der Waals surface area contributed by atoms with Gasteiger partial charge in [0.1, 0.15) is 4.90 Å². The van der Waals surface area contributed by atoms with Crippen LogP contribution >= 0.6 is 0 Å². The second-order valence-electron chi connectivity index (χ2n) is 5.25. The Bertz CT molecular complexity index is 712. The van der Waals surface area contributed by atoms with Crippen molar-refractivity contribution in [3.8, 4) is 0 Å². The average molecular weight is 335 g/mol. The number of sulfonamides is 1. The highest BCUT2D eigenvalue weighted by Crippen LogP contribution is 2.27. The summed E-state index contributed by atoms with van der Waals surface area (Å²) in [6.07, 6.45) is 1.02. The highest BCUT2D eigenvalue weighted by atomic mass is 32.2. The van der Waals surface area contributed by atoms with Crippen molar-refractivity contribution in [3.63, 3.8) is 0 Å². The van der Waals surface area contributed by atoms with E-state index >= 15 is 0 Å². The molecule has 0 spiro atoms. The number of hydrogen-bond acceptors (Lipinski definition) is 6. The summed E-state index contributed by atoms with van der Waals surface area (Å²) in [6, 6.07) is 3.77. The number of hydrazine groups is 1. The van der Waals surface area contributed by atoms with Gasteiger partial charge in [0.25, 0.3) is 0 Å². The molecule has 7 nitrogen and oxygen atoms in total. The smallest absolute Gasteiger partial charge is 0.244 e. The number of rotatable bonds is 6. The molecule has 0 unspecified atom stereocenters. The quantitative estimate of drug-likeness (QED) is 0.583. The first kappa shape index (κ1) is 17.9. The Morgan fingerprint density at radius 3 is 2.24 bits per heavy atom. The van der Waals surface area contributed by atoms with E-state index < -0.39 is 19.9 Å². The van der Waals surface area contributed by atoms with Crippen LogP contribution in [0.1, 0.15) is 13.8 Å². The zero-order chi connectivity index (χ0) is 16.4. The zero-order valence-electron chi connectivity index (χ0n) is 12.5. The van der Waals surface area contributed by atoms with E-state index in [1.165, 1.54) is 23.5 Å². The summed E-state index contributed by atoms with van der Waals surface area (Å²) in [5.74, 6) is 5.46. The summed E-state index contributed by atoms with van der Waals surface area (Å²) in [5.41, 5.74) is 2.44. The first-order valence-electron chi connectivity index (χ1n) is 6.27.